The zero-order valence-electron chi connectivity index (χ0n) is 11.8. The molecule has 1 saturated heterocycles. The van der Waals surface area contributed by atoms with Crippen LogP contribution in [0.4, 0.5) is 5.69 Å². The van der Waals surface area contributed by atoms with E-state index in [1.54, 1.807) is 0 Å². The number of halogens is 1. The SMILES string of the molecule is Cc1ccccc1NCN1C(=O)[C@@H]2CC=C(Cl)C[C@H]2C1=O. The van der Waals surface area contributed by atoms with Crippen LogP contribution in [0.2, 0.25) is 0 Å². The Morgan fingerprint density at radius 2 is 1.95 bits per heavy atom. The lowest BCUT2D eigenvalue weighted by Gasteiger charge is -2.17. The van der Waals surface area contributed by atoms with Gasteiger partial charge in [-0.1, -0.05) is 35.9 Å². The second-order valence-corrected chi connectivity index (χ2v) is 6.04. The van der Waals surface area contributed by atoms with Crippen molar-refractivity contribution in [2.24, 2.45) is 11.8 Å². The van der Waals surface area contributed by atoms with Crippen LogP contribution in [0.15, 0.2) is 35.4 Å². The largest absolute Gasteiger partial charge is 0.367 e. The molecule has 1 N–H and O–H groups in total. The first-order valence-electron chi connectivity index (χ1n) is 7.07. The lowest BCUT2D eigenvalue weighted by molar-refractivity contribution is -0.139. The first-order chi connectivity index (χ1) is 10.1. The Labute approximate surface area is 128 Å². The third-order valence-electron chi connectivity index (χ3n) is 4.23. The second-order valence-electron chi connectivity index (χ2n) is 5.56. The molecule has 4 nitrogen and oxygen atoms in total. The van der Waals surface area contributed by atoms with Crippen LogP contribution in [-0.4, -0.2) is 23.4 Å². The highest BCUT2D eigenvalue weighted by Crippen LogP contribution is 2.38. The molecule has 0 spiro atoms. The van der Waals surface area contributed by atoms with E-state index in [2.05, 4.69) is 5.32 Å². The Morgan fingerprint density at radius 1 is 1.24 bits per heavy atom. The van der Waals surface area contributed by atoms with E-state index >= 15 is 0 Å². The van der Waals surface area contributed by atoms with Crippen LogP contribution in [0, 0.1) is 18.8 Å². The van der Waals surface area contributed by atoms with Crippen molar-refractivity contribution >= 4 is 29.1 Å². The van der Waals surface area contributed by atoms with Gasteiger partial charge in [0, 0.05) is 10.7 Å². The number of nitrogens with zero attached hydrogens (tertiary/aromatic N) is 1. The van der Waals surface area contributed by atoms with Gasteiger partial charge in [0.25, 0.3) is 0 Å². The van der Waals surface area contributed by atoms with Crippen LogP contribution < -0.4 is 5.32 Å². The average molecular weight is 305 g/mol. The van der Waals surface area contributed by atoms with Gasteiger partial charge in [-0.15, -0.1) is 0 Å². The van der Waals surface area contributed by atoms with Gasteiger partial charge < -0.3 is 5.32 Å². The molecule has 0 unspecified atom stereocenters. The van der Waals surface area contributed by atoms with Crippen LogP contribution in [-0.2, 0) is 9.59 Å². The third kappa shape index (κ3) is 2.56. The molecule has 0 aromatic heterocycles. The van der Waals surface area contributed by atoms with Crippen LogP contribution in [0.5, 0.6) is 0 Å². The number of fused-ring (bicyclic) bond motifs is 1. The van der Waals surface area contributed by atoms with E-state index in [-0.39, 0.29) is 30.3 Å². The maximum absolute atomic E-state index is 12.4. The summed E-state index contributed by atoms with van der Waals surface area (Å²) in [6, 6.07) is 7.80. The van der Waals surface area contributed by atoms with Crippen molar-refractivity contribution in [1.82, 2.24) is 4.90 Å². The van der Waals surface area contributed by atoms with Crippen LogP contribution in [0.3, 0.4) is 0 Å². The van der Waals surface area contributed by atoms with Gasteiger partial charge in [0.15, 0.2) is 0 Å². The number of benzene rings is 1. The van der Waals surface area contributed by atoms with Crippen molar-refractivity contribution in [1.29, 1.82) is 0 Å². The molecular formula is C16H17ClN2O2. The minimum absolute atomic E-state index is 0.0912. The number of aryl methyl sites for hydroxylation is 1. The monoisotopic (exact) mass is 304 g/mol. The summed E-state index contributed by atoms with van der Waals surface area (Å²) in [5.41, 5.74) is 2.02. The van der Waals surface area contributed by atoms with E-state index in [1.165, 1.54) is 4.90 Å². The van der Waals surface area contributed by atoms with Crippen molar-refractivity contribution in [2.45, 2.75) is 19.8 Å². The predicted octanol–water partition coefficient (Wildman–Crippen LogP) is 2.88. The Morgan fingerprint density at radius 3 is 2.71 bits per heavy atom. The summed E-state index contributed by atoms with van der Waals surface area (Å²) >= 11 is 6.00. The molecule has 2 amide bonds. The average Bonchev–Trinajstić information content (AvgIpc) is 2.70. The number of likely N-dealkylation sites (tertiary alicyclic amines) is 1. The summed E-state index contributed by atoms with van der Waals surface area (Å²) in [4.78, 5) is 26.1. The number of carbonyl (C=O) groups excluding carboxylic acids is 2. The van der Waals surface area contributed by atoms with Crippen molar-refractivity contribution < 1.29 is 9.59 Å². The number of amides is 2. The summed E-state index contributed by atoms with van der Waals surface area (Å²) in [5.74, 6) is -0.726. The molecule has 1 aromatic rings. The quantitative estimate of drug-likeness (QED) is 0.874. The Hall–Kier alpha value is -1.81. The predicted molar refractivity (Wildman–Crippen MR) is 81.7 cm³/mol. The first-order valence-corrected chi connectivity index (χ1v) is 7.45. The standard InChI is InChI=1S/C16H17ClN2O2/c1-10-4-2-3-5-14(10)18-9-19-15(20)12-7-6-11(17)8-13(12)16(19)21/h2-6,12-13,18H,7-9H2,1H3/t12-,13-/m1/s1. The molecular weight excluding hydrogens is 288 g/mol. The highest BCUT2D eigenvalue weighted by Gasteiger charge is 2.48. The third-order valence-corrected chi connectivity index (χ3v) is 4.54. The number of rotatable bonds is 3. The van der Waals surface area contributed by atoms with Crippen molar-refractivity contribution in [3.8, 4) is 0 Å². The molecule has 1 aromatic carbocycles. The number of para-hydroxylation sites is 1. The van der Waals surface area contributed by atoms with E-state index in [9.17, 15) is 9.59 Å². The maximum Gasteiger partial charge on any atom is 0.234 e. The molecule has 2 atom stereocenters. The summed E-state index contributed by atoms with van der Waals surface area (Å²) in [5, 5.41) is 3.86. The van der Waals surface area contributed by atoms with E-state index in [0.29, 0.717) is 17.9 Å². The van der Waals surface area contributed by atoms with Crippen LogP contribution in [0.1, 0.15) is 18.4 Å². The van der Waals surface area contributed by atoms with Crippen LogP contribution >= 0.6 is 11.6 Å². The molecule has 21 heavy (non-hydrogen) atoms. The van der Waals surface area contributed by atoms with Gasteiger partial charge in [-0.2, -0.15) is 0 Å². The number of nitrogens with one attached hydrogen (secondary N) is 1. The number of anilines is 1. The van der Waals surface area contributed by atoms with Crippen molar-refractivity contribution in [3.63, 3.8) is 0 Å². The number of allylic oxidation sites excluding steroid dienone is 2. The molecule has 0 radical (unpaired) electrons. The lowest BCUT2D eigenvalue weighted by Crippen LogP contribution is -2.35. The fourth-order valence-electron chi connectivity index (χ4n) is 2.99. The van der Waals surface area contributed by atoms with Crippen molar-refractivity contribution in [2.75, 3.05) is 12.0 Å². The van der Waals surface area contributed by atoms with Gasteiger partial charge in [-0.05, 0) is 31.4 Å². The molecule has 0 saturated carbocycles. The normalized spacial score (nSPS) is 24.9. The molecule has 3 rings (SSSR count). The first kappa shape index (κ1) is 14.1. The second kappa shape index (κ2) is 5.53. The van der Waals surface area contributed by atoms with Gasteiger partial charge in [-0.3, -0.25) is 14.5 Å². The van der Waals surface area contributed by atoms with E-state index < -0.39 is 0 Å². The van der Waals surface area contributed by atoms with Gasteiger partial charge in [0.1, 0.15) is 0 Å². The number of hydrogen-bond donors (Lipinski definition) is 1. The maximum atomic E-state index is 12.4. The van der Waals surface area contributed by atoms with Crippen molar-refractivity contribution in [3.05, 3.63) is 40.9 Å². The van der Waals surface area contributed by atoms with Gasteiger partial charge in [0.2, 0.25) is 11.8 Å². The van der Waals surface area contributed by atoms with Gasteiger partial charge >= 0.3 is 0 Å². The van der Waals surface area contributed by atoms with Gasteiger partial charge in [-0.25, -0.2) is 0 Å². The Kier molecular flexibility index (Phi) is 3.72. The van der Waals surface area contributed by atoms with E-state index in [0.717, 1.165) is 11.3 Å². The topological polar surface area (TPSA) is 49.4 Å². The summed E-state index contributed by atoms with van der Waals surface area (Å²) in [7, 11) is 0. The minimum atomic E-state index is -0.284. The molecule has 0 bridgehead atoms. The Bertz CT molecular complexity index is 626. The molecule has 110 valence electrons. The number of hydrogen-bond acceptors (Lipinski definition) is 3. The summed E-state index contributed by atoms with van der Waals surface area (Å²) < 4.78 is 0. The van der Waals surface area contributed by atoms with E-state index in [1.807, 2.05) is 37.3 Å². The molecule has 1 heterocycles. The zero-order chi connectivity index (χ0) is 15.0. The summed E-state index contributed by atoms with van der Waals surface area (Å²) in [6.45, 7) is 2.20. The molecule has 1 aliphatic heterocycles. The fraction of sp³-hybridized carbons (Fsp3) is 0.375. The minimum Gasteiger partial charge on any atom is -0.367 e. The Balaban J connectivity index is 1.71. The van der Waals surface area contributed by atoms with E-state index in [4.69, 9.17) is 11.6 Å². The van der Waals surface area contributed by atoms with Gasteiger partial charge in [0.05, 0.1) is 18.5 Å². The lowest BCUT2D eigenvalue weighted by atomic mass is 9.85. The highest BCUT2D eigenvalue weighted by molar-refractivity contribution is 6.30. The fourth-order valence-corrected chi connectivity index (χ4v) is 3.24. The number of carbonyl (C=O) groups is 2. The molecule has 5 heteroatoms. The molecule has 1 aliphatic carbocycles. The molecule has 2 aliphatic rings. The number of imide groups is 1. The smallest absolute Gasteiger partial charge is 0.234 e. The van der Waals surface area contributed by atoms with Crippen LogP contribution in [0.25, 0.3) is 0 Å². The zero-order valence-corrected chi connectivity index (χ0v) is 12.6. The highest BCUT2D eigenvalue weighted by atomic mass is 35.5. The molecule has 1 fully saturated rings. The summed E-state index contributed by atoms with van der Waals surface area (Å²) in [6.07, 6.45) is 2.90.